The van der Waals surface area contributed by atoms with Crippen LogP contribution in [0.1, 0.15) is 12.0 Å². The van der Waals surface area contributed by atoms with Gasteiger partial charge in [0.05, 0.1) is 0 Å². The summed E-state index contributed by atoms with van der Waals surface area (Å²) in [6, 6.07) is 24.0. The van der Waals surface area contributed by atoms with Gasteiger partial charge in [-0.05, 0) is 40.0 Å². The summed E-state index contributed by atoms with van der Waals surface area (Å²) in [6.07, 6.45) is 7.71. The smallest absolute Gasteiger partial charge is 0.00631 e. The molecule has 22 heavy (non-hydrogen) atoms. The molecule has 1 aromatic heterocycles. The predicted octanol–water partition coefficient (Wildman–Crippen LogP) is 6.40. The first kappa shape index (κ1) is 13.4. The highest BCUT2D eigenvalue weighted by Gasteiger charge is 2.14. The van der Waals surface area contributed by atoms with Crippen LogP contribution in [-0.4, -0.2) is 0 Å². The summed E-state index contributed by atoms with van der Waals surface area (Å²) >= 11 is 0. The van der Waals surface area contributed by atoms with Gasteiger partial charge < -0.3 is 0 Å². The number of hydrogen-bond donors (Lipinski definition) is 0. The Labute approximate surface area is 132 Å². The van der Waals surface area contributed by atoms with Gasteiger partial charge in [-0.2, -0.15) is 0 Å². The number of hydrogen-bond acceptors (Lipinski definition) is 0. The Morgan fingerprint density at radius 1 is 0.773 bits per heavy atom. The lowest BCUT2D eigenvalue weighted by Crippen LogP contribution is -1.81. The molecule has 1 heteroatoms. The molecule has 0 bridgehead atoms. The Hall–Kier alpha value is -2.30. The lowest BCUT2D eigenvalue weighted by Gasteiger charge is -2.05. The van der Waals surface area contributed by atoms with Gasteiger partial charge in [0.25, 0.3) is 0 Å². The van der Waals surface area contributed by atoms with E-state index in [1.54, 1.807) is 0 Å². The molecule has 0 spiro atoms. The Balaban J connectivity index is 1.87. The molecule has 0 aliphatic heterocycles. The lowest BCUT2D eigenvalue weighted by molar-refractivity contribution is 1.45. The highest BCUT2D eigenvalue weighted by molar-refractivity contribution is 7.38. The topological polar surface area (TPSA) is 0 Å². The van der Waals surface area contributed by atoms with Crippen molar-refractivity contribution >= 4 is 13.8 Å². The van der Waals surface area contributed by atoms with E-state index in [0.29, 0.717) is 0 Å². The molecule has 0 nitrogen and oxygen atoms in total. The predicted molar refractivity (Wildman–Crippen MR) is 98.5 cm³/mol. The Morgan fingerprint density at radius 3 is 2.09 bits per heavy atom. The summed E-state index contributed by atoms with van der Waals surface area (Å²) < 4.78 is 0. The molecule has 1 aliphatic rings. The monoisotopic (exact) mass is 300 g/mol. The van der Waals surface area contributed by atoms with E-state index in [2.05, 4.69) is 85.0 Å². The molecule has 0 saturated heterocycles. The first-order valence-corrected chi connectivity index (χ1v) is 8.62. The average molecular weight is 300 g/mol. The van der Waals surface area contributed by atoms with Gasteiger partial charge in [-0.3, -0.25) is 0 Å². The molecule has 3 aromatic rings. The third kappa shape index (κ3) is 2.47. The summed E-state index contributed by atoms with van der Waals surface area (Å²) in [5, 5.41) is 2.93. The maximum absolute atomic E-state index is 2.40. The largest absolute Gasteiger partial charge is 0.123 e. The minimum Gasteiger partial charge on any atom is -0.123 e. The van der Waals surface area contributed by atoms with E-state index in [9.17, 15) is 0 Å². The molecule has 0 radical (unpaired) electrons. The molecule has 1 unspecified atom stereocenters. The minimum atomic E-state index is 0.725. The summed E-state index contributed by atoms with van der Waals surface area (Å²) in [5.41, 5.74) is 5.56. The number of allylic oxidation sites excluding steroid dienone is 4. The van der Waals surface area contributed by atoms with Gasteiger partial charge in [0.2, 0.25) is 0 Å². The second-order valence-electron chi connectivity index (χ2n) is 5.53. The second kappa shape index (κ2) is 5.83. The fourth-order valence-electron chi connectivity index (χ4n) is 2.96. The fraction of sp³-hybridized carbons (Fsp3) is 0.0476. The van der Waals surface area contributed by atoms with Crippen molar-refractivity contribution in [3.8, 4) is 21.7 Å². The number of benzene rings is 2. The van der Waals surface area contributed by atoms with Crippen LogP contribution in [0.2, 0.25) is 0 Å². The highest BCUT2D eigenvalue weighted by Crippen LogP contribution is 2.46. The maximum atomic E-state index is 2.40. The van der Waals surface area contributed by atoms with E-state index in [1.165, 1.54) is 32.9 Å². The van der Waals surface area contributed by atoms with Crippen LogP contribution in [0.5, 0.6) is 0 Å². The van der Waals surface area contributed by atoms with Crippen LogP contribution in [0.15, 0.2) is 85.0 Å². The van der Waals surface area contributed by atoms with Gasteiger partial charge in [0, 0.05) is 5.30 Å². The van der Waals surface area contributed by atoms with Crippen molar-refractivity contribution in [2.45, 2.75) is 6.42 Å². The standard InChI is InChI=1S/C21H17P/c1-3-11-17(12-4-1)20-15-19(16-9-7-8-10-16)21(22-20)18-13-5-2-6-14-18/h1-9,11-15,22H,10H2. The van der Waals surface area contributed by atoms with Crippen LogP contribution in [0, 0.1) is 0 Å². The molecule has 106 valence electrons. The van der Waals surface area contributed by atoms with Gasteiger partial charge >= 0.3 is 0 Å². The van der Waals surface area contributed by atoms with Crippen LogP contribution in [0.25, 0.3) is 27.3 Å². The molecule has 0 fully saturated rings. The zero-order valence-corrected chi connectivity index (χ0v) is 13.3. The molecule has 0 N–H and O–H groups in total. The van der Waals surface area contributed by atoms with Crippen molar-refractivity contribution in [3.63, 3.8) is 0 Å². The van der Waals surface area contributed by atoms with Crippen LogP contribution in [0.3, 0.4) is 0 Å². The first-order chi connectivity index (χ1) is 10.9. The molecule has 1 atom stereocenters. The molecule has 2 aromatic carbocycles. The van der Waals surface area contributed by atoms with Crippen molar-refractivity contribution in [1.82, 2.24) is 0 Å². The van der Waals surface area contributed by atoms with Gasteiger partial charge in [-0.1, -0.05) is 78.9 Å². The van der Waals surface area contributed by atoms with E-state index >= 15 is 0 Å². The molecular formula is C21H17P. The lowest BCUT2D eigenvalue weighted by atomic mass is 10.0. The summed E-state index contributed by atoms with van der Waals surface area (Å²) in [6.45, 7) is 0. The zero-order valence-electron chi connectivity index (χ0n) is 12.3. The first-order valence-electron chi connectivity index (χ1n) is 7.62. The third-order valence-corrected chi connectivity index (χ3v) is 5.59. The maximum Gasteiger partial charge on any atom is 0.00631 e. The van der Waals surface area contributed by atoms with Crippen molar-refractivity contribution in [3.05, 3.63) is 90.5 Å². The van der Waals surface area contributed by atoms with Gasteiger partial charge in [-0.25, -0.2) is 0 Å². The summed E-state index contributed by atoms with van der Waals surface area (Å²) in [5.74, 6) is 0. The van der Waals surface area contributed by atoms with Crippen LogP contribution in [0.4, 0.5) is 0 Å². The van der Waals surface area contributed by atoms with Crippen molar-refractivity contribution in [2.24, 2.45) is 0 Å². The molecule has 4 rings (SSSR count). The van der Waals surface area contributed by atoms with Gasteiger partial charge in [-0.15, -0.1) is 8.19 Å². The van der Waals surface area contributed by atoms with Gasteiger partial charge in [0.15, 0.2) is 0 Å². The normalized spacial score (nSPS) is 13.7. The van der Waals surface area contributed by atoms with E-state index in [1.807, 2.05) is 0 Å². The zero-order chi connectivity index (χ0) is 14.8. The van der Waals surface area contributed by atoms with Crippen molar-refractivity contribution in [1.29, 1.82) is 0 Å². The molecule has 1 heterocycles. The minimum absolute atomic E-state index is 0.725. The fourth-order valence-corrected chi connectivity index (χ4v) is 4.44. The highest BCUT2D eigenvalue weighted by atomic mass is 31.0. The quantitative estimate of drug-likeness (QED) is 0.525. The van der Waals surface area contributed by atoms with E-state index < -0.39 is 0 Å². The molecule has 0 amide bonds. The van der Waals surface area contributed by atoms with Gasteiger partial charge in [0.1, 0.15) is 0 Å². The van der Waals surface area contributed by atoms with Crippen LogP contribution < -0.4 is 0 Å². The van der Waals surface area contributed by atoms with Crippen molar-refractivity contribution in [2.75, 3.05) is 0 Å². The second-order valence-corrected chi connectivity index (χ2v) is 6.82. The SMILES string of the molecule is C1=CCC(c2cc(-c3ccccc3)[pH]c2-c2ccccc2)=C1. The Bertz CT molecular complexity index is 836. The summed E-state index contributed by atoms with van der Waals surface area (Å²) in [4.78, 5) is 0. The average Bonchev–Trinajstić information content (AvgIpc) is 3.26. The van der Waals surface area contributed by atoms with Crippen molar-refractivity contribution < 1.29 is 0 Å². The van der Waals surface area contributed by atoms with Crippen LogP contribution >= 0.6 is 8.19 Å². The Kier molecular flexibility index (Phi) is 3.54. The molecule has 1 aliphatic carbocycles. The third-order valence-electron chi connectivity index (χ3n) is 4.08. The Morgan fingerprint density at radius 2 is 1.45 bits per heavy atom. The molecule has 0 saturated carbocycles. The number of rotatable bonds is 3. The van der Waals surface area contributed by atoms with E-state index in [-0.39, 0.29) is 0 Å². The molecular weight excluding hydrogens is 283 g/mol. The van der Waals surface area contributed by atoms with E-state index in [4.69, 9.17) is 0 Å². The van der Waals surface area contributed by atoms with E-state index in [0.717, 1.165) is 14.6 Å². The van der Waals surface area contributed by atoms with Crippen LogP contribution in [-0.2, 0) is 0 Å². The summed E-state index contributed by atoms with van der Waals surface area (Å²) in [7, 11) is 0.725.